The van der Waals surface area contributed by atoms with Gasteiger partial charge in [0.2, 0.25) is 5.91 Å². The average molecular weight is 304 g/mol. The number of carbonyl (C=O) groups excluding carboxylic acids is 1. The van der Waals surface area contributed by atoms with Gasteiger partial charge in [0.05, 0.1) is 6.10 Å². The summed E-state index contributed by atoms with van der Waals surface area (Å²) in [7, 11) is 0. The van der Waals surface area contributed by atoms with E-state index < -0.39 is 0 Å². The van der Waals surface area contributed by atoms with E-state index in [2.05, 4.69) is 22.3 Å². The maximum absolute atomic E-state index is 12.1. The zero-order chi connectivity index (χ0) is 15.8. The lowest BCUT2D eigenvalue weighted by Gasteiger charge is -2.29. The van der Waals surface area contributed by atoms with Gasteiger partial charge in [0, 0.05) is 25.6 Å². The molecule has 1 saturated heterocycles. The van der Waals surface area contributed by atoms with Gasteiger partial charge in [-0.3, -0.25) is 4.79 Å². The van der Waals surface area contributed by atoms with Crippen LogP contribution < -0.4 is 5.32 Å². The summed E-state index contributed by atoms with van der Waals surface area (Å²) in [6.45, 7) is 5.66. The molecule has 0 aliphatic carbocycles. The highest BCUT2D eigenvalue weighted by atomic mass is 16.3. The molecule has 122 valence electrons. The van der Waals surface area contributed by atoms with E-state index in [-0.39, 0.29) is 17.9 Å². The van der Waals surface area contributed by atoms with E-state index in [0.29, 0.717) is 0 Å². The summed E-state index contributed by atoms with van der Waals surface area (Å²) in [6.07, 6.45) is 3.40. The van der Waals surface area contributed by atoms with Crippen molar-refractivity contribution < 1.29 is 9.90 Å². The fraction of sp³-hybridized carbons (Fsp3) is 0.611. The van der Waals surface area contributed by atoms with Gasteiger partial charge in [-0.2, -0.15) is 0 Å². The minimum Gasteiger partial charge on any atom is -0.393 e. The molecule has 4 nitrogen and oxygen atoms in total. The summed E-state index contributed by atoms with van der Waals surface area (Å²) < 4.78 is 0. The molecule has 0 aromatic heterocycles. The number of rotatable bonds is 7. The van der Waals surface area contributed by atoms with Crippen molar-refractivity contribution in [1.82, 2.24) is 10.2 Å². The summed E-state index contributed by atoms with van der Waals surface area (Å²) >= 11 is 0. The standard InChI is InChI=1S/C18H28N2O2/c1-15(14-16-6-3-2-4-7-16)18(22)19-10-5-11-20-12-8-17(21)9-13-20/h2-4,6-7,15,17,21H,5,8-14H2,1H3,(H,19,22). The molecule has 1 heterocycles. The SMILES string of the molecule is CC(Cc1ccccc1)C(=O)NCCCN1CCC(O)CC1. The Hall–Kier alpha value is -1.39. The lowest BCUT2D eigenvalue weighted by Crippen LogP contribution is -2.38. The van der Waals surface area contributed by atoms with Gasteiger partial charge in [-0.15, -0.1) is 0 Å². The first-order valence-electron chi connectivity index (χ1n) is 8.37. The topological polar surface area (TPSA) is 52.6 Å². The minimum absolute atomic E-state index is 0.00698. The van der Waals surface area contributed by atoms with Crippen LogP contribution >= 0.6 is 0 Å². The Bertz CT molecular complexity index is 442. The number of nitrogens with zero attached hydrogens (tertiary/aromatic N) is 1. The Morgan fingerprint density at radius 1 is 1.32 bits per heavy atom. The predicted octanol–water partition coefficient (Wildman–Crippen LogP) is 1.83. The van der Waals surface area contributed by atoms with E-state index in [4.69, 9.17) is 0 Å². The highest BCUT2D eigenvalue weighted by molar-refractivity contribution is 5.78. The summed E-state index contributed by atoms with van der Waals surface area (Å²) in [4.78, 5) is 14.5. The van der Waals surface area contributed by atoms with E-state index >= 15 is 0 Å². The van der Waals surface area contributed by atoms with Crippen LogP contribution in [0.15, 0.2) is 30.3 Å². The van der Waals surface area contributed by atoms with Gasteiger partial charge in [0.15, 0.2) is 0 Å². The van der Waals surface area contributed by atoms with Gasteiger partial charge in [-0.05, 0) is 37.8 Å². The quantitative estimate of drug-likeness (QED) is 0.756. The molecular formula is C18H28N2O2. The first kappa shape index (κ1) is 17.0. The molecule has 4 heteroatoms. The molecule has 1 fully saturated rings. The Kier molecular flexibility index (Phi) is 6.87. The molecule has 22 heavy (non-hydrogen) atoms. The number of nitrogens with one attached hydrogen (secondary N) is 1. The van der Waals surface area contributed by atoms with Gasteiger partial charge >= 0.3 is 0 Å². The fourth-order valence-corrected chi connectivity index (χ4v) is 2.89. The molecule has 1 amide bonds. The normalized spacial score (nSPS) is 18.1. The number of likely N-dealkylation sites (tertiary alicyclic amines) is 1. The number of aliphatic hydroxyl groups excluding tert-OH is 1. The Morgan fingerprint density at radius 2 is 2.00 bits per heavy atom. The molecule has 0 saturated carbocycles. The minimum atomic E-state index is -0.116. The van der Waals surface area contributed by atoms with Crippen molar-refractivity contribution in [2.45, 2.75) is 38.7 Å². The lowest BCUT2D eigenvalue weighted by molar-refractivity contribution is -0.124. The lowest BCUT2D eigenvalue weighted by atomic mass is 10.0. The van der Waals surface area contributed by atoms with Crippen molar-refractivity contribution in [2.24, 2.45) is 5.92 Å². The molecule has 1 unspecified atom stereocenters. The van der Waals surface area contributed by atoms with Crippen LogP contribution in [0.4, 0.5) is 0 Å². The maximum Gasteiger partial charge on any atom is 0.223 e. The molecule has 0 spiro atoms. The number of carbonyl (C=O) groups is 1. The largest absolute Gasteiger partial charge is 0.393 e. The van der Waals surface area contributed by atoms with Gasteiger partial charge in [-0.1, -0.05) is 37.3 Å². The molecule has 2 rings (SSSR count). The van der Waals surface area contributed by atoms with Crippen molar-refractivity contribution in [1.29, 1.82) is 0 Å². The third-order valence-corrected chi connectivity index (χ3v) is 4.34. The Balaban J connectivity index is 1.59. The number of hydrogen-bond donors (Lipinski definition) is 2. The van der Waals surface area contributed by atoms with Crippen LogP contribution in [0.5, 0.6) is 0 Å². The van der Waals surface area contributed by atoms with Crippen LogP contribution in [-0.4, -0.2) is 48.2 Å². The number of piperidine rings is 1. The highest BCUT2D eigenvalue weighted by Gasteiger charge is 2.16. The van der Waals surface area contributed by atoms with Crippen molar-refractivity contribution in [3.05, 3.63) is 35.9 Å². The van der Waals surface area contributed by atoms with Crippen molar-refractivity contribution in [3.8, 4) is 0 Å². The number of benzene rings is 1. The first-order valence-corrected chi connectivity index (χ1v) is 8.37. The first-order chi connectivity index (χ1) is 10.6. The number of hydrogen-bond acceptors (Lipinski definition) is 3. The smallest absolute Gasteiger partial charge is 0.223 e. The molecule has 0 radical (unpaired) electrons. The van der Waals surface area contributed by atoms with E-state index in [1.54, 1.807) is 0 Å². The van der Waals surface area contributed by atoms with Crippen LogP contribution in [0.3, 0.4) is 0 Å². The zero-order valence-electron chi connectivity index (χ0n) is 13.5. The molecule has 1 aromatic carbocycles. The van der Waals surface area contributed by atoms with E-state index in [1.807, 2.05) is 25.1 Å². The van der Waals surface area contributed by atoms with E-state index in [1.165, 1.54) is 5.56 Å². The third-order valence-electron chi connectivity index (χ3n) is 4.34. The Morgan fingerprint density at radius 3 is 2.68 bits per heavy atom. The van der Waals surface area contributed by atoms with Gasteiger partial charge in [0.25, 0.3) is 0 Å². The van der Waals surface area contributed by atoms with E-state index in [9.17, 15) is 9.90 Å². The maximum atomic E-state index is 12.1. The van der Waals surface area contributed by atoms with Crippen LogP contribution in [0.25, 0.3) is 0 Å². The van der Waals surface area contributed by atoms with Crippen LogP contribution in [0.2, 0.25) is 0 Å². The fourth-order valence-electron chi connectivity index (χ4n) is 2.89. The van der Waals surface area contributed by atoms with Crippen LogP contribution in [-0.2, 0) is 11.2 Å². The van der Waals surface area contributed by atoms with Crippen LogP contribution in [0, 0.1) is 5.92 Å². The highest BCUT2D eigenvalue weighted by Crippen LogP contribution is 2.10. The second-order valence-electron chi connectivity index (χ2n) is 6.31. The second kappa shape index (κ2) is 8.91. The number of amides is 1. The van der Waals surface area contributed by atoms with Gasteiger partial charge < -0.3 is 15.3 Å². The molecule has 1 aromatic rings. The molecule has 2 N–H and O–H groups in total. The van der Waals surface area contributed by atoms with Crippen LogP contribution in [0.1, 0.15) is 31.7 Å². The third kappa shape index (κ3) is 5.78. The van der Waals surface area contributed by atoms with Crippen molar-refractivity contribution in [3.63, 3.8) is 0 Å². The summed E-state index contributed by atoms with van der Waals surface area (Å²) in [5, 5.41) is 12.5. The zero-order valence-corrected chi connectivity index (χ0v) is 13.5. The molecule has 1 atom stereocenters. The average Bonchev–Trinajstić information content (AvgIpc) is 2.54. The Labute approximate surface area is 133 Å². The molecule has 1 aliphatic heterocycles. The summed E-state index contributed by atoms with van der Waals surface area (Å²) in [5.74, 6) is 0.144. The summed E-state index contributed by atoms with van der Waals surface area (Å²) in [5.41, 5.74) is 1.21. The van der Waals surface area contributed by atoms with Gasteiger partial charge in [0.1, 0.15) is 0 Å². The monoisotopic (exact) mass is 304 g/mol. The molecule has 1 aliphatic rings. The summed E-state index contributed by atoms with van der Waals surface area (Å²) in [6, 6.07) is 10.1. The second-order valence-corrected chi connectivity index (χ2v) is 6.31. The number of aliphatic hydroxyl groups is 1. The van der Waals surface area contributed by atoms with E-state index in [0.717, 1.165) is 51.9 Å². The predicted molar refractivity (Wildman–Crippen MR) is 88.6 cm³/mol. The van der Waals surface area contributed by atoms with Gasteiger partial charge in [-0.25, -0.2) is 0 Å². The van der Waals surface area contributed by atoms with Crippen molar-refractivity contribution >= 4 is 5.91 Å². The van der Waals surface area contributed by atoms with Crippen molar-refractivity contribution in [2.75, 3.05) is 26.2 Å². The molecule has 0 bridgehead atoms. The molecular weight excluding hydrogens is 276 g/mol.